The highest BCUT2D eigenvalue weighted by Crippen LogP contribution is 2.47. The average molecular weight is 347 g/mol. The van der Waals surface area contributed by atoms with Gasteiger partial charge in [-0.05, 0) is 43.6 Å². The van der Waals surface area contributed by atoms with Crippen molar-refractivity contribution in [2.45, 2.75) is 50.4 Å². The molecule has 1 spiro atoms. The molecule has 3 rings (SSSR count). The third-order valence-corrected chi connectivity index (χ3v) is 4.98. The van der Waals surface area contributed by atoms with Crippen LogP contribution >= 0.6 is 0 Å². The third kappa shape index (κ3) is 4.72. The van der Waals surface area contributed by atoms with Gasteiger partial charge >= 0.3 is 12.1 Å². The Hall–Kier alpha value is -2.08. The smallest absolute Gasteiger partial charge is 0.408 e. The van der Waals surface area contributed by atoms with Crippen molar-refractivity contribution < 1.29 is 23.8 Å². The number of carbonyl (C=O) groups excluding carboxylic acids is 2. The zero-order valence-electron chi connectivity index (χ0n) is 14.5. The molecule has 1 amide bonds. The molecular weight excluding hydrogens is 322 g/mol. The maximum Gasteiger partial charge on any atom is 0.408 e. The van der Waals surface area contributed by atoms with Crippen LogP contribution in [0.2, 0.25) is 0 Å². The predicted molar refractivity (Wildman–Crippen MR) is 90.8 cm³/mol. The molecule has 0 unspecified atom stereocenters. The molecule has 0 aromatic heterocycles. The number of esters is 1. The average Bonchev–Trinajstić information content (AvgIpc) is 3.44. The monoisotopic (exact) mass is 347 g/mol. The zero-order valence-corrected chi connectivity index (χ0v) is 14.5. The summed E-state index contributed by atoms with van der Waals surface area (Å²) in [5.41, 5.74) is 0.801. The molecule has 1 saturated heterocycles. The number of nitrogens with one attached hydrogen (secondary N) is 1. The largest absolute Gasteiger partial charge is 0.467 e. The summed E-state index contributed by atoms with van der Waals surface area (Å²) in [5, 5.41) is 2.71. The first-order valence-corrected chi connectivity index (χ1v) is 8.81. The SMILES string of the molecule is COC(=O)[C@@H](NC(=O)OCc1ccccc1)[C@@H]1CCCOC2(CC2)C1. The lowest BCUT2D eigenvalue weighted by molar-refractivity contribution is -0.144. The van der Waals surface area contributed by atoms with Crippen LogP contribution in [0.15, 0.2) is 30.3 Å². The second-order valence-electron chi connectivity index (χ2n) is 6.84. The number of ether oxygens (including phenoxy) is 3. The molecule has 0 bridgehead atoms. The van der Waals surface area contributed by atoms with Crippen LogP contribution in [0.5, 0.6) is 0 Å². The summed E-state index contributed by atoms with van der Waals surface area (Å²) in [7, 11) is 1.34. The van der Waals surface area contributed by atoms with Crippen molar-refractivity contribution in [3.63, 3.8) is 0 Å². The fraction of sp³-hybridized carbons (Fsp3) is 0.579. The Morgan fingerprint density at radius 1 is 1.32 bits per heavy atom. The molecule has 1 aromatic carbocycles. The molecule has 1 N–H and O–H groups in total. The van der Waals surface area contributed by atoms with Crippen molar-refractivity contribution in [1.82, 2.24) is 5.32 Å². The van der Waals surface area contributed by atoms with Crippen LogP contribution in [-0.2, 0) is 25.6 Å². The fourth-order valence-corrected chi connectivity index (χ4v) is 3.43. The van der Waals surface area contributed by atoms with E-state index in [9.17, 15) is 9.59 Å². The maximum atomic E-state index is 12.2. The molecule has 2 fully saturated rings. The van der Waals surface area contributed by atoms with Crippen LogP contribution in [0.3, 0.4) is 0 Å². The lowest BCUT2D eigenvalue weighted by Crippen LogP contribution is -2.47. The minimum absolute atomic E-state index is 0.00160. The molecule has 1 saturated carbocycles. The van der Waals surface area contributed by atoms with Crippen LogP contribution in [0.25, 0.3) is 0 Å². The lowest BCUT2D eigenvalue weighted by Gasteiger charge is -2.26. The number of carbonyl (C=O) groups is 2. The van der Waals surface area contributed by atoms with E-state index in [1.807, 2.05) is 30.3 Å². The van der Waals surface area contributed by atoms with Crippen molar-refractivity contribution in [2.75, 3.05) is 13.7 Å². The van der Waals surface area contributed by atoms with Crippen LogP contribution in [-0.4, -0.2) is 37.4 Å². The van der Waals surface area contributed by atoms with Crippen LogP contribution in [0, 0.1) is 5.92 Å². The Morgan fingerprint density at radius 3 is 2.76 bits per heavy atom. The van der Waals surface area contributed by atoms with E-state index in [2.05, 4.69) is 5.32 Å². The topological polar surface area (TPSA) is 73.9 Å². The molecule has 136 valence electrons. The molecule has 6 heteroatoms. The second-order valence-corrected chi connectivity index (χ2v) is 6.84. The summed E-state index contributed by atoms with van der Waals surface area (Å²) in [6.45, 7) is 0.876. The van der Waals surface area contributed by atoms with Crippen LogP contribution in [0.1, 0.15) is 37.7 Å². The maximum absolute atomic E-state index is 12.2. The van der Waals surface area contributed by atoms with Crippen molar-refractivity contribution in [1.29, 1.82) is 0 Å². The van der Waals surface area contributed by atoms with E-state index in [1.54, 1.807) is 0 Å². The quantitative estimate of drug-likeness (QED) is 0.829. The van der Waals surface area contributed by atoms with Gasteiger partial charge in [-0.3, -0.25) is 0 Å². The minimum Gasteiger partial charge on any atom is -0.467 e. The van der Waals surface area contributed by atoms with E-state index >= 15 is 0 Å². The van der Waals surface area contributed by atoms with Gasteiger partial charge < -0.3 is 19.5 Å². The zero-order chi connectivity index (χ0) is 17.7. The summed E-state index contributed by atoms with van der Waals surface area (Å²) < 4.78 is 16.1. The van der Waals surface area contributed by atoms with Crippen molar-refractivity contribution in [2.24, 2.45) is 5.92 Å². The van der Waals surface area contributed by atoms with E-state index in [4.69, 9.17) is 14.2 Å². The summed E-state index contributed by atoms with van der Waals surface area (Å²) in [5.74, 6) is -0.430. The first-order valence-electron chi connectivity index (χ1n) is 8.81. The predicted octanol–water partition coefficient (Wildman–Crippen LogP) is 2.80. The van der Waals surface area contributed by atoms with E-state index in [1.165, 1.54) is 7.11 Å². The van der Waals surface area contributed by atoms with Gasteiger partial charge in [0.05, 0.1) is 12.7 Å². The molecule has 1 heterocycles. The number of alkyl carbamates (subject to hydrolysis) is 1. The van der Waals surface area contributed by atoms with Gasteiger partial charge in [-0.25, -0.2) is 9.59 Å². The minimum atomic E-state index is -0.701. The van der Waals surface area contributed by atoms with E-state index in [-0.39, 0.29) is 18.1 Å². The summed E-state index contributed by atoms with van der Waals surface area (Å²) in [6.07, 6.45) is 3.91. The van der Waals surface area contributed by atoms with Gasteiger partial charge in [0.15, 0.2) is 0 Å². The van der Waals surface area contributed by atoms with Gasteiger partial charge in [0, 0.05) is 6.61 Å². The Kier molecular flexibility index (Phi) is 5.58. The van der Waals surface area contributed by atoms with Crippen LogP contribution in [0.4, 0.5) is 4.79 Å². The molecule has 25 heavy (non-hydrogen) atoms. The number of methoxy groups -OCH3 is 1. The van der Waals surface area contributed by atoms with Gasteiger partial charge in [0.2, 0.25) is 0 Å². The standard InChI is InChI=1S/C19H25NO5/c1-23-17(21)16(15-8-5-11-25-19(12-15)9-10-19)20-18(22)24-13-14-6-3-2-4-7-14/h2-4,6-7,15-16H,5,8-13H2,1H3,(H,20,22)/t15-,16+/m1/s1. The Labute approximate surface area is 147 Å². The normalized spacial score (nSPS) is 22.5. The first-order chi connectivity index (χ1) is 12.1. The molecule has 1 aliphatic heterocycles. The van der Waals surface area contributed by atoms with E-state index in [0.717, 1.165) is 37.7 Å². The molecule has 6 nitrogen and oxygen atoms in total. The molecular formula is C19H25NO5. The van der Waals surface area contributed by atoms with E-state index < -0.39 is 18.1 Å². The summed E-state index contributed by atoms with van der Waals surface area (Å²) in [6, 6.07) is 8.73. The number of rotatable bonds is 5. The molecule has 2 atom stereocenters. The fourth-order valence-electron chi connectivity index (χ4n) is 3.43. The van der Waals surface area contributed by atoms with Crippen molar-refractivity contribution in [3.05, 3.63) is 35.9 Å². The van der Waals surface area contributed by atoms with Crippen molar-refractivity contribution in [3.8, 4) is 0 Å². The number of benzene rings is 1. The van der Waals surface area contributed by atoms with Gasteiger partial charge in [-0.1, -0.05) is 30.3 Å². The molecule has 1 aromatic rings. The Morgan fingerprint density at radius 2 is 2.08 bits per heavy atom. The Bertz CT molecular complexity index is 599. The molecule has 2 aliphatic rings. The number of amides is 1. The number of hydrogen-bond donors (Lipinski definition) is 1. The van der Waals surface area contributed by atoms with Crippen LogP contribution < -0.4 is 5.32 Å². The Balaban J connectivity index is 1.60. The second kappa shape index (κ2) is 7.87. The highest BCUT2D eigenvalue weighted by Gasteiger charge is 2.49. The number of hydrogen-bond acceptors (Lipinski definition) is 5. The van der Waals surface area contributed by atoms with E-state index in [0.29, 0.717) is 6.61 Å². The summed E-state index contributed by atoms with van der Waals surface area (Å²) >= 11 is 0. The van der Waals surface area contributed by atoms with Gasteiger partial charge in [0.25, 0.3) is 0 Å². The van der Waals surface area contributed by atoms with Gasteiger partial charge in [-0.2, -0.15) is 0 Å². The highest BCUT2D eigenvalue weighted by atomic mass is 16.6. The molecule has 1 aliphatic carbocycles. The first kappa shape index (κ1) is 17.7. The van der Waals surface area contributed by atoms with Gasteiger partial charge in [0.1, 0.15) is 12.6 Å². The summed E-state index contributed by atoms with van der Waals surface area (Å²) in [4.78, 5) is 24.4. The molecule has 0 radical (unpaired) electrons. The third-order valence-electron chi connectivity index (χ3n) is 4.98. The highest BCUT2D eigenvalue weighted by molar-refractivity contribution is 5.81. The van der Waals surface area contributed by atoms with Gasteiger partial charge in [-0.15, -0.1) is 0 Å². The van der Waals surface area contributed by atoms with Crippen molar-refractivity contribution >= 4 is 12.1 Å². The lowest BCUT2D eigenvalue weighted by atomic mass is 9.89.